The molecule has 2 saturated heterocycles. The van der Waals surface area contributed by atoms with Crippen molar-refractivity contribution in [3.8, 4) is 0 Å². The molecule has 0 aromatic carbocycles. The van der Waals surface area contributed by atoms with Gasteiger partial charge in [0.1, 0.15) is 0 Å². The average molecular weight is 301 g/mol. The summed E-state index contributed by atoms with van der Waals surface area (Å²) in [4.78, 5) is 8.02. The highest BCUT2D eigenvalue weighted by atomic mass is 79.9. The van der Waals surface area contributed by atoms with E-state index < -0.39 is 0 Å². The zero-order valence-corrected chi connectivity index (χ0v) is 11.9. The highest BCUT2D eigenvalue weighted by Crippen LogP contribution is 2.39. The van der Waals surface area contributed by atoms with Crippen LogP contribution >= 0.6 is 27.3 Å². The number of alkyl halides is 1. The van der Waals surface area contributed by atoms with E-state index in [9.17, 15) is 0 Å². The molecule has 0 aliphatic carbocycles. The van der Waals surface area contributed by atoms with Crippen LogP contribution in [0.3, 0.4) is 0 Å². The fraction of sp³-hybridized carbons (Fsp3) is 0.750. The zero-order valence-electron chi connectivity index (χ0n) is 9.53. The molecule has 0 amide bonds. The van der Waals surface area contributed by atoms with Crippen molar-refractivity contribution in [3.63, 3.8) is 0 Å². The molecule has 2 bridgehead atoms. The second-order valence-electron chi connectivity index (χ2n) is 4.98. The minimum atomic E-state index is 0.749. The molecular weight excluding hydrogens is 284 g/mol. The molecule has 16 heavy (non-hydrogen) atoms. The standard InChI is InChI=1S/C12H17BrN2S/c1-8-14-10(7-16-8)6-15-11-2-3-12(15)5-9(13)4-11/h7,9,11-12H,2-6H2,1H3. The third-order valence-electron chi connectivity index (χ3n) is 3.84. The van der Waals surface area contributed by atoms with Crippen LogP contribution in [0.5, 0.6) is 0 Å². The van der Waals surface area contributed by atoms with Crippen LogP contribution in [-0.2, 0) is 6.54 Å². The van der Waals surface area contributed by atoms with Crippen molar-refractivity contribution in [2.45, 2.75) is 56.1 Å². The molecule has 2 fully saturated rings. The van der Waals surface area contributed by atoms with Crippen molar-refractivity contribution in [1.82, 2.24) is 9.88 Å². The number of hydrogen-bond donors (Lipinski definition) is 0. The van der Waals surface area contributed by atoms with Crippen LogP contribution in [-0.4, -0.2) is 26.8 Å². The number of aryl methyl sites for hydroxylation is 1. The van der Waals surface area contributed by atoms with Crippen LogP contribution < -0.4 is 0 Å². The first-order chi connectivity index (χ1) is 7.72. The summed E-state index contributed by atoms with van der Waals surface area (Å²) >= 11 is 5.56. The van der Waals surface area contributed by atoms with Crippen LogP contribution in [0, 0.1) is 6.92 Å². The van der Waals surface area contributed by atoms with Crippen LogP contribution in [0.2, 0.25) is 0 Å². The van der Waals surface area contributed by atoms with Gasteiger partial charge in [-0.2, -0.15) is 0 Å². The van der Waals surface area contributed by atoms with Gasteiger partial charge in [-0.3, -0.25) is 4.90 Å². The minimum absolute atomic E-state index is 0.749. The fourth-order valence-electron chi connectivity index (χ4n) is 3.13. The molecule has 3 rings (SSSR count). The van der Waals surface area contributed by atoms with Gasteiger partial charge in [-0.05, 0) is 32.6 Å². The minimum Gasteiger partial charge on any atom is -0.292 e. The maximum Gasteiger partial charge on any atom is 0.0897 e. The van der Waals surface area contributed by atoms with E-state index in [1.165, 1.54) is 36.4 Å². The molecule has 0 spiro atoms. The van der Waals surface area contributed by atoms with E-state index in [1.54, 1.807) is 11.3 Å². The lowest BCUT2D eigenvalue weighted by molar-refractivity contribution is 0.135. The molecule has 2 atom stereocenters. The van der Waals surface area contributed by atoms with Gasteiger partial charge < -0.3 is 0 Å². The Kier molecular flexibility index (Phi) is 3.07. The predicted molar refractivity (Wildman–Crippen MR) is 71.2 cm³/mol. The van der Waals surface area contributed by atoms with Crippen LogP contribution in [0.1, 0.15) is 36.4 Å². The number of fused-ring (bicyclic) bond motifs is 2. The summed E-state index contributed by atoms with van der Waals surface area (Å²) in [6.45, 7) is 3.16. The fourth-order valence-corrected chi connectivity index (χ4v) is 4.60. The van der Waals surface area contributed by atoms with Gasteiger partial charge in [0.2, 0.25) is 0 Å². The molecule has 1 aromatic heterocycles. The Hall–Kier alpha value is 0.0700. The number of thiazole rings is 1. The summed E-state index contributed by atoms with van der Waals surface area (Å²) in [5, 5.41) is 3.41. The summed E-state index contributed by atoms with van der Waals surface area (Å²) in [6.07, 6.45) is 5.41. The molecule has 0 N–H and O–H groups in total. The Morgan fingerprint density at radius 1 is 1.44 bits per heavy atom. The van der Waals surface area contributed by atoms with Crippen molar-refractivity contribution in [2.24, 2.45) is 0 Å². The molecule has 2 aliphatic rings. The highest BCUT2D eigenvalue weighted by molar-refractivity contribution is 9.09. The SMILES string of the molecule is Cc1nc(CN2C3CCC2CC(Br)C3)cs1. The number of rotatable bonds is 2. The largest absolute Gasteiger partial charge is 0.292 e. The monoisotopic (exact) mass is 300 g/mol. The first-order valence-corrected chi connectivity index (χ1v) is 7.82. The van der Waals surface area contributed by atoms with Crippen molar-refractivity contribution < 1.29 is 0 Å². The molecule has 2 nitrogen and oxygen atoms in total. The molecule has 2 unspecified atom stereocenters. The Balaban J connectivity index is 1.72. The Bertz CT molecular complexity index is 365. The number of halogens is 1. The predicted octanol–water partition coefficient (Wildman–Crippen LogP) is 3.34. The summed E-state index contributed by atoms with van der Waals surface area (Å²) in [7, 11) is 0. The Morgan fingerprint density at radius 2 is 2.12 bits per heavy atom. The summed E-state index contributed by atoms with van der Waals surface area (Å²) in [5.74, 6) is 0. The third kappa shape index (κ3) is 2.07. The lowest BCUT2D eigenvalue weighted by Crippen LogP contribution is -2.42. The van der Waals surface area contributed by atoms with Gasteiger partial charge in [0.15, 0.2) is 0 Å². The molecular formula is C12H17BrN2S. The van der Waals surface area contributed by atoms with Gasteiger partial charge in [0, 0.05) is 28.8 Å². The molecule has 0 radical (unpaired) electrons. The summed E-state index contributed by atoms with van der Waals surface area (Å²) in [5.41, 5.74) is 1.27. The van der Waals surface area contributed by atoms with Crippen LogP contribution in [0.4, 0.5) is 0 Å². The summed E-state index contributed by atoms with van der Waals surface area (Å²) in [6, 6.07) is 1.59. The van der Waals surface area contributed by atoms with Crippen molar-refractivity contribution in [1.29, 1.82) is 0 Å². The maximum atomic E-state index is 4.59. The number of nitrogens with zero attached hydrogens (tertiary/aromatic N) is 2. The normalized spacial score (nSPS) is 34.5. The Morgan fingerprint density at radius 3 is 2.69 bits per heavy atom. The lowest BCUT2D eigenvalue weighted by Gasteiger charge is -2.36. The Labute approximate surface area is 109 Å². The quantitative estimate of drug-likeness (QED) is 0.779. The first kappa shape index (κ1) is 11.2. The molecule has 4 heteroatoms. The van der Waals surface area contributed by atoms with E-state index in [0.29, 0.717) is 0 Å². The molecule has 3 heterocycles. The van der Waals surface area contributed by atoms with E-state index in [1.807, 2.05) is 0 Å². The van der Waals surface area contributed by atoms with Gasteiger partial charge in [0.25, 0.3) is 0 Å². The van der Waals surface area contributed by atoms with E-state index >= 15 is 0 Å². The van der Waals surface area contributed by atoms with Gasteiger partial charge in [-0.1, -0.05) is 15.9 Å². The molecule has 0 saturated carbocycles. The van der Waals surface area contributed by atoms with Gasteiger partial charge in [-0.15, -0.1) is 11.3 Å². The second-order valence-corrected chi connectivity index (χ2v) is 7.34. The van der Waals surface area contributed by atoms with Crippen LogP contribution in [0.25, 0.3) is 0 Å². The number of hydrogen-bond acceptors (Lipinski definition) is 3. The first-order valence-electron chi connectivity index (χ1n) is 6.03. The van der Waals surface area contributed by atoms with E-state index in [4.69, 9.17) is 0 Å². The summed E-state index contributed by atoms with van der Waals surface area (Å²) < 4.78 is 0. The molecule has 1 aromatic rings. The lowest BCUT2D eigenvalue weighted by atomic mass is 10.0. The van der Waals surface area contributed by atoms with Crippen molar-refractivity contribution in [2.75, 3.05) is 0 Å². The second kappa shape index (κ2) is 4.39. The van der Waals surface area contributed by atoms with Gasteiger partial charge in [0.05, 0.1) is 10.7 Å². The third-order valence-corrected chi connectivity index (χ3v) is 5.41. The maximum absolute atomic E-state index is 4.59. The number of aromatic nitrogens is 1. The van der Waals surface area contributed by atoms with E-state index in [0.717, 1.165) is 23.5 Å². The van der Waals surface area contributed by atoms with Crippen molar-refractivity contribution >= 4 is 27.3 Å². The number of piperidine rings is 1. The van der Waals surface area contributed by atoms with E-state index in [2.05, 4.69) is 38.1 Å². The van der Waals surface area contributed by atoms with Crippen LogP contribution in [0.15, 0.2) is 5.38 Å². The van der Waals surface area contributed by atoms with Crippen molar-refractivity contribution in [3.05, 3.63) is 16.1 Å². The van der Waals surface area contributed by atoms with Gasteiger partial charge in [-0.25, -0.2) is 4.98 Å². The highest BCUT2D eigenvalue weighted by Gasteiger charge is 2.39. The van der Waals surface area contributed by atoms with Gasteiger partial charge >= 0.3 is 0 Å². The molecule has 2 aliphatic heterocycles. The average Bonchev–Trinajstić information content (AvgIpc) is 2.72. The zero-order chi connectivity index (χ0) is 11.1. The topological polar surface area (TPSA) is 16.1 Å². The smallest absolute Gasteiger partial charge is 0.0897 e. The molecule has 88 valence electrons. The van der Waals surface area contributed by atoms with E-state index in [-0.39, 0.29) is 0 Å².